The van der Waals surface area contributed by atoms with Crippen LogP contribution in [0.4, 0.5) is 0 Å². The summed E-state index contributed by atoms with van der Waals surface area (Å²) in [6, 6.07) is 3.44. The van der Waals surface area contributed by atoms with Crippen LogP contribution in [0.5, 0.6) is 5.75 Å². The summed E-state index contributed by atoms with van der Waals surface area (Å²) >= 11 is 0. The summed E-state index contributed by atoms with van der Waals surface area (Å²) < 4.78 is 7.39. The lowest BCUT2D eigenvalue weighted by atomic mass is 10.2. The monoisotopic (exact) mass is 204 g/mol. The van der Waals surface area contributed by atoms with Crippen molar-refractivity contribution in [1.29, 1.82) is 0 Å². The van der Waals surface area contributed by atoms with Crippen LogP contribution in [0.25, 0.3) is 5.65 Å². The van der Waals surface area contributed by atoms with Gasteiger partial charge in [-0.25, -0.2) is 4.98 Å². The van der Waals surface area contributed by atoms with Crippen LogP contribution in [0.3, 0.4) is 0 Å². The number of fused-ring (bicyclic) bond motifs is 1. The summed E-state index contributed by atoms with van der Waals surface area (Å²) in [6.07, 6.45) is 5.85. The van der Waals surface area contributed by atoms with E-state index >= 15 is 0 Å². The van der Waals surface area contributed by atoms with Gasteiger partial charge in [-0.2, -0.15) is 0 Å². The number of imidazole rings is 1. The molecule has 1 N–H and O–H groups in total. The van der Waals surface area contributed by atoms with E-state index in [0.717, 1.165) is 30.8 Å². The van der Waals surface area contributed by atoms with Crippen LogP contribution >= 0.6 is 0 Å². The molecule has 0 aliphatic carbocycles. The minimum absolute atomic E-state index is 0.132. The topological polar surface area (TPSA) is 46.8 Å². The van der Waals surface area contributed by atoms with Crippen LogP contribution in [0.2, 0.25) is 0 Å². The maximum atomic E-state index is 9.32. The number of ether oxygens (including phenoxy) is 1. The predicted octanol–water partition coefficient (Wildman–Crippen LogP) is 1.89. The molecular weight excluding hydrogens is 192 g/mol. The first-order valence-corrected chi connectivity index (χ1v) is 5.12. The first kappa shape index (κ1) is 8.73. The normalized spacial score (nSPS) is 21.2. The van der Waals surface area contributed by atoms with Gasteiger partial charge in [-0.15, -0.1) is 0 Å². The number of hydrogen-bond donors (Lipinski definition) is 1. The SMILES string of the molecule is Oc1ccc2nc(C3CCCO3)cn2c1. The van der Waals surface area contributed by atoms with E-state index in [2.05, 4.69) is 4.98 Å². The number of hydrogen-bond acceptors (Lipinski definition) is 3. The molecule has 3 heterocycles. The van der Waals surface area contributed by atoms with Crippen LogP contribution in [0, 0.1) is 0 Å². The Morgan fingerprint density at radius 3 is 3.13 bits per heavy atom. The number of aromatic nitrogens is 2. The van der Waals surface area contributed by atoms with E-state index in [-0.39, 0.29) is 11.9 Å². The van der Waals surface area contributed by atoms with Crippen molar-refractivity contribution in [3.63, 3.8) is 0 Å². The third-order valence-electron chi connectivity index (χ3n) is 2.71. The van der Waals surface area contributed by atoms with Gasteiger partial charge in [0.05, 0.1) is 11.9 Å². The quantitative estimate of drug-likeness (QED) is 0.771. The standard InChI is InChI=1S/C11H12N2O2/c14-8-3-4-11-12-9(7-13(11)6-8)10-2-1-5-15-10/h3-4,6-7,10,14H,1-2,5H2. The molecule has 0 bridgehead atoms. The summed E-state index contributed by atoms with van der Waals surface area (Å²) in [7, 11) is 0. The number of nitrogens with zero attached hydrogens (tertiary/aromatic N) is 2. The van der Waals surface area contributed by atoms with Crippen molar-refractivity contribution < 1.29 is 9.84 Å². The van der Waals surface area contributed by atoms with Crippen LogP contribution in [-0.4, -0.2) is 21.1 Å². The lowest BCUT2D eigenvalue weighted by Gasteiger charge is -2.03. The molecule has 2 aromatic heterocycles. The van der Waals surface area contributed by atoms with E-state index < -0.39 is 0 Å². The van der Waals surface area contributed by atoms with E-state index in [1.54, 1.807) is 18.3 Å². The molecule has 0 spiro atoms. The van der Waals surface area contributed by atoms with Crippen molar-refractivity contribution in [2.24, 2.45) is 0 Å². The molecule has 15 heavy (non-hydrogen) atoms. The molecule has 4 heteroatoms. The van der Waals surface area contributed by atoms with Gasteiger partial charge in [-0.3, -0.25) is 0 Å². The molecule has 1 unspecified atom stereocenters. The Labute approximate surface area is 87.1 Å². The van der Waals surface area contributed by atoms with Gasteiger partial charge >= 0.3 is 0 Å². The molecule has 4 nitrogen and oxygen atoms in total. The molecule has 0 amide bonds. The minimum atomic E-state index is 0.132. The fourth-order valence-corrected chi connectivity index (χ4v) is 1.97. The van der Waals surface area contributed by atoms with Gasteiger partial charge in [0.2, 0.25) is 0 Å². The number of pyridine rings is 1. The summed E-state index contributed by atoms with van der Waals surface area (Å²) in [4.78, 5) is 4.46. The molecule has 1 aliphatic rings. The van der Waals surface area contributed by atoms with Crippen molar-refractivity contribution in [2.75, 3.05) is 6.61 Å². The second-order valence-electron chi connectivity index (χ2n) is 3.82. The Morgan fingerprint density at radius 1 is 1.40 bits per heavy atom. The zero-order valence-electron chi connectivity index (χ0n) is 8.26. The molecule has 0 radical (unpaired) electrons. The van der Waals surface area contributed by atoms with Gasteiger partial charge in [-0.1, -0.05) is 0 Å². The second-order valence-corrected chi connectivity index (χ2v) is 3.82. The Morgan fingerprint density at radius 2 is 2.33 bits per heavy atom. The largest absolute Gasteiger partial charge is 0.506 e. The molecule has 2 aromatic rings. The summed E-state index contributed by atoms with van der Waals surface area (Å²) in [5.41, 5.74) is 1.80. The van der Waals surface area contributed by atoms with Gasteiger partial charge in [0.15, 0.2) is 0 Å². The molecule has 0 saturated carbocycles. The fourth-order valence-electron chi connectivity index (χ4n) is 1.97. The molecule has 3 rings (SSSR count). The van der Waals surface area contributed by atoms with Crippen molar-refractivity contribution in [3.8, 4) is 5.75 Å². The highest BCUT2D eigenvalue weighted by Gasteiger charge is 2.20. The molecule has 78 valence electrons. The Bertz CT molecular complexity index is 486. The van der Waals surface area contributed by atoms with E-state index in [1.165, 1.54) is 0 Å². The molecular formula is C11H12N2O2. The third-order valence-corrected chi connectivity index (χ3v) is 2.71. The maximum Gasteiger partial charge on any atom is 0.137 e. The van der Waals surface area contributed by atoms with E-state index in [4.69, 9.17) is 4.74 Å². The van der Waals surface area contributed by atoms with Crippen LogP contribution in [-0.2, 0) is 4.74 Å². The zero-order chi connectivity index (χ0) is 10.3. The van der Waals surface area contributed by atoms with Gasteiger partial charge in [-0.05, 0) is 25.0 Å². The predicted molar refractivity (Wildman–Crippen MR) is 54.8 cm³/mol. The first-order valence-electron chi connectivity index (χ1n) is 5.12. The van der Waals surface area contributed by atoms with E-state index in [1.807, 2.05) is 10.6 Å². The van der Waals surface area contributed by atoms with Crippen LogP contribution in [0.15, 0.2) is 24.5 Å². The Hall–Kier alpha value is -1.55. The Balaban J connectivity index is 2.05. The fraction of sp³-hybridized carbons (Fsp3) is 0.364. The summed E-state index contributed by atoms with van der Waals surface area (Å²) in [6.45, 7) is 0.823. The lowest BCUT2D eigenvalue weighted by molar-refractivity contribution is 0.109. The number of aromatic hydroxyl groups is 1. The van der Waals surface area contributed by atoms with Crippen LogP contribution in [0.1, 0.15) is 24.6 Å². The molecule has 1 aliphatic heterocycles. The third kappa shape index (κ3) is 1.47. The van der Waals surface area contributed by atoms with Crippen molar-refractivity contribution in [3.05, 3.63) is 30.2 Å². The zero-order valence-corrected chi connectivity index (χ0v) is 8.26. The molecule has 0 aromatic carbocycles. The van der Waals surface area contributed by atoms with Gasteiger partial charge in [0.1, 0.15) is 17.5 Å². The average molecular weight is 204 g/mol. The summed E-state index contributed by atoms with van der Waals surface area (Å²) in [5, 5.41) is 9.32. The summed E-state index contributed by atoms with van der Waals surface area (Å²) in [5.74, 6) is 0.249. The molecule has 1 atom stereocenters. The van der Waals surface area contributed by atoms with Crippen LogP contribution < -0.4 is 0 Å². The van der Waals surface area contributed by atoms with Gasteiger partial charge in [0.25, 0.3) is 0 Å². The molecule has 1 saturated heterocycles. The van der Waals surface area contributed by atoms with Crippen molar-refractivity contribution in [2.45, 2.75) is 18.9 Å². The molecule has 1 fully saturated rings. The van der Waals surface area contributed by atoms with Crippen molar-refractivity contribution >= 4 is 5.65 Å². The van der Waals surface area contributed by atoms with E-state index in [9.17, 15) is 5.11 Å². The van der Waals surface area contributed by atoms with E-state index in [0.29, 0.717) is 0 Å². The maximum absolute atomic E-state index is 9.32. The second kappa shape index (κ2) is 3.24. The average Bonchev–Trinajstić information content (AvgIpc) is 2.84. The smallest absolute Gasteiger partial charge is 0.137 e. The first-order chi connectivity index (χ1) is 7.33. The highest BCUT2D eigenvalue weighted by Crippen LogP contribution is 2.28. The highest BCUT2D eigenvalue weighted by molar-refractivity contribution is 5.43. The van der Waals surface area contributed by atoms with Crippen molar-refractivity contribution in [1.82, 2.24) is 9.38 Å². The highest BCUT2D eigenvalue weighted by atomic mass is 16.5. The lowest BCUT2D eigenvalue weighted by Crippen LogP contribution is -1.94. The number of rotatable bonds is 1. The van der Waals surface area contributed by atoms with Gasteiger partial charge < -0.3 is 14.2 Å². The van der Waals surface area contributed by atoms with Gasteiger partial charge in [0, 0.05) is 12.8 Å². The minimum Gasteiger partial charge on any atom is -0.506 e. The Kier molecular flexibility index (Phi) is 1.89.